The van der Waals surface area contributed by atoms with Crippen LogP contribution in [0.4, 0.5) is 15.0 Å². The van der Waals surface area contributed by atoms with Gasteiger partial charge in [0.15, 0.2) is 17.2 Å². The minimum Gasteiger partial charge on any atom is -0.484 e. The molecule has 0 bridgehead atoms. The molecule has 5 rings (SSSR count). The first kappa shape index (κ1) is 33.8. The highest BCUT2D eigenvalue weighted by atomic mass is 19.1. The minimum atomic E-state index is -0.506. The Labute approximate surface area is 276 Å². The van der Waals surface area contributed by atoms with E-state index in [9.17, 15) is 14.0 Å². The van der Waals surface area contributed by atoms with Crippen molar-refractivity contribution in [2.24, 2.45) is 0 Å². The first-order valence-electron chi connectivity index (χ1n) is 16.3. The lowest BCUT2D eigenvalue weighted by Crippen LogP contribution is -2.47. The van der Waals surface area contributed by atoms with Gasteiger partial charge in [-0.25, -0.2) is 14.2 Å². The van der Waals surface area contributed by atoms with Gasteiger partial charge in [0.25, 0.3) is 0 Å². The van der Waals surface area contributed by atoms with E-state index in [1.54, 1.807) is 18.3 Å². The van der Waals surface area contributed by atoms with Crippen LogP contribution in [0.5, 0.6) is 5.75 Å². The number of unbranched alkanes of at least 4 members (excludes halogenated alkanes) is 1. The van der Waals surface area contributed by atoms with Gasteiger partial charge < -0.3 is 19.7 Å². The van der Waals surface area contributed by atoms with Crippen molar-refractivity contribution in [3.8, 4) is 5.75 Å². The SMILES string of the molecule is CC(C)(C)OC(=O)NCCCCN1CCN(c2nc(C(=O)CCc3ccc(F)cc3)c(OCc3ccccc3)c3ncccc23)CC1. The monoisotopic (exact) mass is 641 g/mol. The van der Waals surface area contributed by atoms with Crippen LogP contribution in [0.25, 0.3) is 10.9 Å². The Kier molecular flexibility index (Phi) is 11.4. The van der Waals surface area contributed by atoms with E-state index in [0.29, 0.717) is 24.2 Å². The molecule has 0 aliphatic carbocycles. The van der Waals surface area contributed by atoms with Crippen LogP contribution in [0.1, 0.15) is 61.6 Å². The lowest BCUT2D eigenvalue weighted by molar-refractivity contribution is 0.0526. The van der Waals surface area contributed by atoms with E-state index in [1.807, 2.05) is 63.2 Å². The lowest BCUT2D eigenvalue weighted by Gasteiger charge is -2.36. The maximum Gasteiger partial charge on any atom is 0.407 e. The fourth-order valence-corrected chi connectivity index (χ4v) is 5.57. The van der Waals surface area contributed by atoms with E-state index in [1.165, 1.54) is 12.1 Å². The van der Waals surface area contributed by atoms with Crippen LogP contribution in [0.15, 0.2) is 72.9 Å². The molecule has 47 heavy (non-hydrogen) atoms. The maximum absolute atomic E-state index is 13.8. The molecule has 0 spiro atoms. The molecule has 1 amide bonds. The molecule has 0 radical (unpaired) electrons. The van der Waals surface area contributed by atoms with Crippen LogP contribution in [-0.4, -0.2) is 71.6 Å². The van der Waals surface area contributed by atoms with Crippen molar-refractivity contribution in [1.29, 1.82) is 0 Å². The Bertz CT molecular complexity index is 1630. The van der Waals surface area contributed by atoms with Crippen LogP contribution >= 0.6 is 0 Å². The Morgan fingerprint density at radius 2 is 1.66 bits per heavy atom. The van der Waals surface area contributed by atoms with Gasteiger partial charge in [0.1, 0.15) is 29.4 Å². The van der Waals surface area contributed by atoms with E-state index < -0.39 is 5.60 Å². The number of nitrogens with one attached hydrogen (secondary N) is 1. The minimum absolute atomic E-state index is 0.148. The summed E-state index contributed by atoms with van der Waals surface area (Å²) >= 11 is 0. The van der Waals surface area contributed by atoms with Crippen molar-refractivity contribution in [3.63, 3.8) is 0 Å². The fourth-order valence-electron chi connectivity index (χ4n) is 5.57. The molecular formula is C37H44FN5O4. The summed E-state index contributed by atoms with van der Waals surface area (Å²) in [5.41, 5.74) is 2.22. The summed E-state index contributed by atoms with van der Waals surface area (Å²) in [5.74, 6) is 0.658. The number of pyridine rings is 2. The van der Waals surface area contributed by atoms with Crippen molar-refractivity contribution in [3.05, 3.63) is 95.6 Å². The number of anilines is 1. The van der Waals surface area contributed by atoms with Crippen molar-refractivity contribution < 1.29 is 23.5 Å². The predicted octanol–water partition coefficient (Wildman–Crippen LogP) is 6.59. The highest BCUT2D eigenvalue weighted by Crippen LogP contribution is 2.35. The Balaban J connectivity index is 1.28. The number of ketones is 1. The number of hydrogen-bond acceptors (Lipinski definition) is 8. The number of ether oxygens (including phenoxy) is 2. The van der Waals surface area contributed by atoms with Gasteiger partial charge in [0.05, 0.1) is 0 Å². The second-order valence-corrected chi connectivity index (χ2v) is 12.8. The number of fused-ring (bicyclic) bond motifs is 1. The van der Waals surface area contributed by atoms with Gasteiger partial charge in [-0.15, -0.1) is 0 Å². The molecule has 3 heterocycles. The lowest BCUT2D eigenvalue weighted by atomic mass is 10.0. The Hall–Kier alpha value is -4.57. The van der Waals surface area contributed by atoms with E-state index in [-0.39, 0.29) is 36.4 Å². The molecule has 248 valence electrons. The van der Waals surface area contributed by atoms with E-state index in [2.05, 4.69) is 20.1 Å². The van der Waals surface area contributed by atoms with Crippen molar-refractivity contribution in [1.82, 2.24) is 20.2 Å². The number of Topliss-reactive ketones (excluding diaryl/α,β-unsaturated/α-hetero) is 1. The number of amides is 1. The normalized spacial score (nSPS) is 13.8. The molecular weight excluding hydrogens is 597 g/mol. The van der Waals surface area contributed by atoms with Crippen molar-refractivity contribution >= 4 is 28.6 Å². The number of aryl methyl sites for hydroxylation is 1. The topological polar surface area (TPSA) is 96.9 Å². The molecule has 0 atom stereocenters. The van der Waals surface area contributed by atoms with E-state index >= 15 is 0 Å². The highest BCUT2D eigenvalue weighted by molar-refractivity contribution is 6.05. The number of carbonyl (C=O) groups is 2. The van der Waals surface area contributed by atoms with Crippen LogP contribution in [0, 0.1) is 5.82 Å². The molecule has 1 aliphatic heterocycles. The van der Waals surface area contributed by atoms with E-state index in [0.717, 1.165) is 67.9 Å². The van der Waals surface area contributed by atoms with Gasteiger partial charge in [0, 0.05) is 50.7 Å². The van der Waals surface area contributed by atoms with Crippen molar-refractivity contribution in [2.75, 3.05) is 44.2 Å². The molecule has 9 nitrogen and oxygen atoms in total. The summed E-state index contributed by atoms with van der Waals surface area (Å²) in [5, 5.41) is 3.67. The molecule has 10 heteroatoms. The molecule has 1 fully saturated rings. The molecule has 0 unspecified atom stereocenters. The number of rotatable bonds is 13. The zero-order chi connectivity index (χ0) is 33.2. The zero-order valence-electron chi connectivity index (χ0n) is 27.5. The first-order chi connectivity index (χ1) is 22.7. The second kappa shape index (κ2) is 15.8. The number of aromatic nitrogens is 2. The zero-order valence-corrected chi connectivity index (χ0v) is 27.5. The third-order valence-corrected chi connectivity index (χ3v) is 7.98. The largest absolute Gasteiger partial charge is 0.484 e. The summed E-state index contributed by atoms with van der Waals surface area (Å²) in [6, 6.07) is 19.9. The molecule has 2 aromatic carbocycles. The summed E-state index contributed by atoms with van der Waals surface area (Å²) in [7, 11) is 0. The molecule has 1 N–H and O–H groups in total. The summed E-state index contributed by atoms with van der Waals surface area (Å²) < 4.78 is 25.1. The summed E-state index contributed by atoms with van der Waals surface area (Å²) in [4.78, 5) is 40.0. The number of alkyl carbamates (subject to hydrolysis) is 1. The number of carbonyl (C=O) groups excluding carboxylic acids is 2. The quantitative estimate of drug-likeness (QED) is 0.129. The third-order valence-electron chi connectivity index (χ3n) is 7.98. The number of benzene rings is 2. The Morgan fingerprint density at radius 3 is 2.38 bits per heavy atom. The average molecular weight is 642 g/mol. The molecule has 0 saturated carbocycles. The van der Waals surface area contributed by atoms with Gasteiger partial charge >= 0.3 is 6.09 Å². The Morgan fingerprint density at radius 1 is 0.915 bits per heavy atom. The van der Waals surface area contributed by atoms with Crippen LogP contribution in [-0.2, 0) is 17.8 Å². The highest BCUT2D eigenvalue weighted by Gasteiger charge is 2.26. The van der Waals surface area contributed by atoms with Crippen molar-refractivity contribution in [2.45, 2.75) is 58.7 Å². The summed E-state index contributed by atoms with van der Waals surface area (Å²) in [6.45, 7) is 10.5. The molecule has 2 aromatic heterocycles. The van der Waals surface area contributed by atoms with Gasteiger partial charge in [-0.3, -0.25) is 14.7 Å². The number of halogens is 1. The van der Waals surface area contributed by atoms with Crippen LogP contribution in [0.2, 0.25) is 0 Å². The van der Waals surface area contributed by atoms with Gasteiger partial charge in [-0.1, -0.05) is 42.5 Å². The number of nitrogens with zero attached hydrogens (tertiary/aromatic N) is 4. The smallest absolute Gasteiger partial charge is 0.407 e. The van der Waals surface area contributed by atoms with Gasteiger partial charge in [0.2, 0.25) is 0 Å². The van der Waals surface area contributed by atoms with Gasteiger partial charge in [-0.05, 0) is 82.0 Å². The van der Waals surface area contributed by atoms with Gasteiger partial charge in [-0.2, -0.15) is 0 Å². The average Bonchev–Trinajstić information content (AvgIpc) is 3.06. The maximum atomic E-state index is 13.8. The predicted molar refractivity (Wildman–Crippen MR) is 181 cm³/mol. The number of hydrogen-bond donors (Lipinski definition) is 1. The van der Waals surface area contributed by atoms with Crippen LogP contribution in [0.3, 0.4) is 0 Å². The molecule has 4 aromatic rings. The molecule has 1 aliphatic rings. The summed E-state index contributed by atoms with van der Waals surface area (Å²) in [6.07, 6.45) is 3.82. The number of piperazine rings is 1. The van der Waals surface area contributed by atoms with E-state index in [4.69, 9.17) is 14.5 Å². The third kappa shape index (κ3) is 9.71. The standard InChI is InChI=1S/C37H44FN5O4/c1-37(2,3)47-36(45)40-19-7-8-21-42-22-24-43(25-23-42)35-30-12-9-20-39-32(30)34(46-26-28-10-5-4-6-11-28)33(41-35)31(44)18-15-27-13-16-29(38)17-14-27/h4-6,9-14,16-17,20H,7-8,15,18-19,21-26H2,1-3H3,(H,40,45). The fraction of sp³-hybridized carbons (Fsp3) is 0.405. The molecule has 1 saturated heterocycles. The van der Waals surface area contributed by atoms with Crippen LogP contribution < -0.4 is 15.0 Å². The first-order valence-corrected chi connectivity index (χ1v) is 16.3. The second-order valence-electron chi connectivity index (χ2n) is 12.8.